The Balaban J connectivity index is 2.44. The van der Waals surface area contributed by atoms with Gasteiger partial charge in [-0.3, -0.25) is 0 Å². The lowest BCUT2D eigenvalue weighted by atomic mass is 10.3. The van der Waals surface area contributed by atoms with Crippen LogP contribution in [0.1, 0.15) is 12.7 Å². The van der Waals surface area contributed by atoms with Crippen molar-refractivity contribution in [3.8, 4) is 0 Å². The molecule has 0 fully saturated rings. The molecule has 0 aliphatic heterocycles. The number of halogens is 3. The smallest absolute Gasteiger partial charge is 0.139 e. The molecule has 0 atom stereocenters. The van der Waals surface area contributed by atoms with Gasteiger partial charge >= 0.3 is 0 Å². The lowest BCUT2D eigenvalue weighted by molar-refractivity contribution is 0.139. The van der Waals surface area contributed by atoms with Crippen LogP contribution in [0.3, 0.4) is 0 Å². The zero-order valence-corrected chi connectivity index (χ0v) is 12.3. The number of alkyl halides is 1. The molecule has 0 N–H and O–H groups in total. The van der Waals surface area contributed by atoms with E-state index in [0.717, 1.165) is 16.9 Å². The van der Waals surface area contributed by atoms with Crippen LogP contribution in [0, 0.1) is 5.82 Å². The van der Waals surface area contributed by atoms with Gasteiger partial charge in [0.25, 0.3) is 0 Å². The van der Waals surface area contributed by atoms with Gasteiger partial charge in [0, 0.05) is 19.2 Å². The monoisotopic (exact) mass is 334 g/mol. The molecule has 6 heteroatoms. The zero-order valence-electron chi connectivity index (χ0n) is 9.92. The lowest BCUT2D eigenvalue weighted by Gasteiger charge is -2.07. The van der Waals surface area contributed by atoms with Crippen molar-refractivity contribution in [1.82, 2.24) is 9.55 Å². The van der Waals surface area contributed by atoms with Crippen LogP contribution >= 0.6 is 27.5 Å². The van der Waals surface area contributed by atoms with E-state index >= 15 is 0 Å². The predicted molar refractivity (Wildman–Crippen MR) is 73.4 cm³/mol. The molecule has 0 amide bonds. The van der Waals surface area contributed by atoms with E-state index in [-0.39, 0.29) is 5.82 Å². The van der Waals surface area contributed by atoms with Crippen LogP contribution in [0.4, 0.5) is 4.39 Å². The number of nitrogens with zero attached hydrogens (tertiary/aromatic N) is 2. The van der Waals surface area contributed by atoms with Gasteiger partial charge in [-0.05, 0) is 28.9 Å². The average Bonchev–Trinajstić information content (AvgIpc) is 2.68. The highest BCUT2D eigenvalue weighted by Crippen LogP contribution is 2.24. The minimum absolute atomic E-state index is 0.292. The maximum Gasteiger partial charge on any atom is 0.139 e. The summed E-state index contributed by atoms with van der Waals surface area (Å²) in [6, 6.07) is 3.13. The van der Waals surface area contributed by atoms with E-state index in [1.54, 1.807) is 6.07 Å². The number of hydrogen-bond acceptors (Lipinski definition) is 2. The van der Waals surface area contributed by atoms with Gasteiger partial charge in [-0.15, -0.1) is 11.6 Å². The Labute approximate surface area is 118 Å². The standard InChI is InChI=1S/C12H13BrClFN2O/c1-2-18-4-3-17-11-6-9(15)8(13)5-10(11)16-12(17)7-14/h5-6H,2-4,7H2,1H3. The van der Waals surface area contributed by atoms with E-state index < -0.39 is 0 Å². The molecule has 3 nitrogen and oxygen atoms in total. The van der Waals surface area contributed by atoms with Crippen molar-refractivity contribution in [1.29, 1.82) is 0 Å². The molecule has 0 bridgehead atoms. The van der Waals surface area contributed by atoms with Gasteiger partial charge in [-0.25, -0.2) is 9.37 Å². The molecule has 1 heterocycles. The van der Waals surface area contributed by atoms with Gasteiger partial charge in [0.2, 0.25) is 0 Å². The second kappa shape index (κ2) is 5.99. The highest BCUT2D eigenvalue weighted by molar-refractivity contribution is 9.10. The molecule has 2 aromatic rings. The molecule has 98 valence electrons. The van der Waals surface area contributed by atoms with Crippen molar-refractivity contribution in [3.63, 3.8) is 0 Å². The molecule has 0 aliphatic carbocycles. The van der Waals surface area contributed by atoms with E-state index in [0.29, 0.717) is 30.1 Å². The summed E-state index contributed by atoms with van der Waals surface area (Å²) in [6.45, 7) is 3.77. The van der Waals surface area contributed by atoms with Crippen LogP contribution in [0.5, 0.6) is 0 Å². The SMILES string of the molecule is CCOCCn1c(CCl)nc2cc(Br)c(F)cc21. The van der Waals surface area contributed by atoms with Crippen molar-refractivity contribution in [2.75, 3.05) is 13.2 Å². The Kier molecular flexibility index (Phi) is 4.59. The number of rotatable bonds is 5. The third kappa shape index (κ3) is 2.68. The fraction of sp³-hybridized carbons (Fsp3) is 0.417. The van der Waals surface area contributed by atoms with Crippen LogP contribution in [0.2, 0.25) is 0 Å². The molecule has 18 heavy (non-hydrogen) atoms. The van der Waals surface area contributed by atoms with Crippen LogP contribution < -0.4 is 0 Å². The summed E-state index contributed by atoms with van der Waals surface area (Å²) in [5.41, 5.74) is 1.47. The molecule has 1 aromatic heterocycles. The van der Waals surface area contributed by atoms with Gasteiger partial charge in [0.05, 0.1) is 28.0 Å². The molecular weight excluding hydrogens is 322 g/mol. The van der Waals surface area contributed by atoms with E-state index in [2.05, 4.69) is 20.9 Å². The summed E-state index contributed by atoms with van der Waals surface area (Å²) in [7, 11) is 0. The van der Waals surface area contributed by atoms with E-state index in [4.69, 9.17) is 16.3 Å². The van der Waals surface area contributed by atoms with Gasteiger partial charge in [-0.2, -0.15) is 0 Å². The summed E-state index contributed by atoms with van der Waals surface area (Å²) in [5.74, 6) is 0.713. The first-order valence-corrected chi connectivity index (χ1v) is 6.98. The van der Waals surface area contributed by atoms with E-state index in [9.17, 15) is 4.39 Å². The Morgan fingerprint density at radius 3 is 2.94 bits per heavy atom. The van der Waals surface area contributed by atoms with Crippen molar-refractivity contribution in [3.05, 3.63) is 28.2 Å². The quantitative estimate of drug-likeness (QED) is 0.615. The van der Waals surface area contributed by atoms with E-state index in [1.807, 2.05) is 11.5 Å². The van der Waals surface area contributed by atoms with Gasteiger partial charge in [-0.1, -0.05) is 0 Å². The molecule has 0 spiro atoms. The second-order valence-corrected chi connectivity index (χ2v) is 4.89. The summed E-state index contributed by atoms with van der Waals surface area (Å²) in [6.07, 6.45) is 0. The number of benzene rings is 1. The predicted octanol–water partition coefficient (Wildman–Crippen LogP) is 3.71. The van der Waals surface area contributed by atoms with Crippen LogP contribution in [0.15, 0.2) is 16.6 Å². The molecule has 0 saturated heterocycles. The summed E-state index contributed by atoms with van der Waals surface area (Å²) in [5, 5.41) is 0. The van der Waals surface area contributed by atoms with Crippen molar-refractivity contribution in [2.45, 2.75) is 19.3 Å². The topological polar surface area (TPSA) is 27.1 Å². The molecule has 0 saturated carbocycles. The number of ether oxygens (including phenoxy) is 1. The molecular formula is C12H13BrClFN2O. The second-order valence-electron chi connectivity index (χ2n) is 3.77. The molecule has 2 rings (SSSR count). The largest absolute Gasteiger partial charge is 0.380 e. The first-order valence-electron chi connectivity index (χ1n) is 5.65. The van der Waals surface area contributed by atoms with Crippen LogP contribution in [0.25, 0.3) is 11.0 Å². The number of hydrogen-bond donors (Lipinski definition) is 0. The van der Waals surface area contributed by atoms with Crippen molar-refractivity contribution >= 4 is 38.6 Å². The Hall–Kier alpha value is -0.650. The van der Waals surface area contributed by atoms with Gasteiger partial charge < -0.3 is 9.30 Å². The third-order valence-corrected chi connectivity index (χ3v) is 3.50. The van der Waals surface area contributed by atoms with Crippen molar-refractivity contribution < 1.29 is 9.13 Å². The number of aromatic nitrogens is 2. The van der Waals surface area contributed by atoms with Crippen molar-refractivity contribution in [2.24, 2.45) is 0 Å². The number of fused-ring (bicyclic) bond motifs is 1. The fourth-order valence-electron chi connectivity index (χ4n) is 1.82. The maximum absolute atomic E-state index is 13.6. The van der Waals surface area contributed by atoms with Crippen LogP contribution in [-0.2, 0) is 17.2 Å². The van der Waals surface area contributed by atoms with E-state index in [1.165, 1.54) is 6.07 Å². The Morgan fingerprint density at radius 1 is 1.50 bits per heavy atom. The minimum Gasteiger partial charge on any atom is -0.380 e. The minimum atomic E-state index is -0.304. The van der Waals surface area contributed by atoms with Crippen LogP contribution in [-0.4, -0.2) is 22.8 Å². The zero-order chi connectivity index (χ0) is 13.1. The van der Waals surface area contributed by atoms with Gasteiger partial charge in [0.15, 0.2) is 0 Å². The average molecular weight is 336 g/mol. The molecule has 0 unspecified atom stereocenters. The molecule has 0 aliphatic rings. The Morgan fingerprint density at radius 2 is 2.28 bits per heavy atom. The first-order chi connectivity index (χ1) is 8.67. The van der Waals surface area contributed by atoms with Gasteiger partial charge in [0.1, 0.15) is 11.6 Å². The first kappa shape index (κ1) is 13.8. The third-order valence-electron chi connectivity index (χ3n) is 2.65. The summed E-state index contributed by atoms with van der Waals surface area (Å²) >= 11 is 9.02. The summed E-state index contributed by atoms with van der Waals surface area (Å²) in [4.78, 5) is 4.39. The fourth-order valence-corrected chi connectivity index (χ4v) is 2.36. The normalized spacial score (nSPS) is 11.3. The highest BCUT2D eigenvalue weighted by atomic mass is 79.9. The Bertz CT molecular complexity index is 558. The lowest BCUT2D eigenvalue weighted by Crippen LogP contribution is -2.08. The maximum atomic E-state index is 13.6. The highest BCUT2D eigenvalue weighted by Gasteiger charge is 2.12. The summed E-state index contributed by atoms with van der Waals surface area (Å²) < 4.78 is 21.2. The number of imidazole rings is 1. The molecule has 1 aromatic carbocycles. The molecule has 0 radical (unpaired) electrons.